The van der Waals surface area contributed by atoms with Crippen LogP contribution in [-0.2, 0) is 61.6 Å². The molecule has 0 bridgehead atoms. The third-order valence-electron chi connectivity index (χ3n) is 8.21. The molecule has 338 valence electrons. The Morgan fingerprint density at radius 1 is 0.397 bits per heavy atom. The number of hydrogen-bond donors (Lipinski definition) is 0. The molecule has 0 amide bonds. The van der Waals surface area contributed by atoms with Crippen LogP contribution in [-0.4, -0.2) is 171 Å². The smallest absolute Gasteiger partial charge is 0.305 e. The summed E-state index contributed by atoms with van der Waals surface area (Å²) in [6.07, 6.45) is 12.4. The van der Waals surface area contributed by atoms with Crippen molar-refractivity contribution in [2.24, 2.45) is 0 Å². The Labute approximate surface area is 348 Å². The monoisotopic (exact) mass is 833 g/mol. The van der Waals surface area contributed by atoms with Gasteiger partial charge in [-0.25, -0.2) is 0 Å². The van der Waals surface area contributed by atoms with Crippen LogP contribution in [0.1, 0.15) is 81.5 Å². The number of benzene rings is 1. The van der Waals surface area contributed by atoms with Crippen molar-refractivity contribution in [3.63, 3.8) is 0 Å². The van der Waals surface area contributed by atoms with E-state index in [0.29, 0.717) is 170 Å². The summed E-state index contributed by atoms with van der Waals surface area (Å²) in [5.74, 6) is 0.560. The lowest BCUT2D eigenvalue weighted by Crippen LogP contribution is -2.16. The summed E-state index contributed by atoms with van der Waals surface area (Å²) < 4.78 is 71.1. The minimum atomic E-state index is -0.141. The molecule has 0 saturated heterocycles. The molecular formula is C43H76O15. The van der Waals surface area contributed by atoms with Crippen molar-refractivity contribution in [3.8, 4) is 5.75 Å². The molecule has 1 aromatic carbocycles. The molecule has 1 aromatic rings. The lowest BCUT2D eigenvalue weighted by Gasteiger charge is -2.09. The van der Waals surface area contributed by atoms with E-state index in [0.717, 1.165) is 19.1 Å². The molecular weight excluding hydrogens is 756 g/mol. The highest BCUT2D eigenvalue weighted by atomic mass is 16.6. The van der Waals surface area contributed by atoms with E-state index in [9.17, 15) is 9.59 Å². The van der Waals surface area contributed by atoms with Crippen LogP contribution in [0, 0.1) is 0 Å². The molecule has 0 heterocycles. The Hall–Kier alpha value is -2.28. The van der Waals surface area contributed by atoms with Gasteiger partial charge in [-0.3, -0.25) is 9.59 Å². The summed E-state index contributed by atoms with van der Waals surface area (Å²) in [4.78, 5) is 22.5. The normalized spacial score (nSPS) is 11.3. The van der Waals surface area contributed by atoms with E-state index in [1.165, 1.54) is 44.9 Å². The fourth-order valence-corrected chi connectivity index (χ4v) is 5.03. The molecule has 0 saturated carbocycles. The molecule has 0 N–H and O–H groups in total. The first-order chi connectivity index (χ1) is 28.8. The average molecular weight is 833 g/mol. The fraction of sp³-hybridized carbons (Fsp3) is 0.814. The van der Waals surface area contributed by atoms with Crippen molar-refractivity contribution >= 4 is 12.3 Å². The van der Waals surface area contributed by atoms with Gasteiger partial charge in [0.2, 0.25) is 0 Å². The lowest BCUT2D eigenvalue weighted by atomic mass is 10.1. The first-order valence-corrected chi connectivity index (χ1v) is 21.4. The number of hydrogen-bond acceptors (Lipinski definition) is 15. The van der Waals surface area contributed by atoms with Crippen LogP contribution in [0.5, 0.6) is 5.75 Å². The minimum Gasteiger partial charge on any atom is -0.491 e. The van der Waals surface area contributed by atoms with Gasteiger partial charge in [0.05, 0.1) is 145 Å². The van der Waals surface area contributed by atoms with Crippen molar-refractivity contribution in [3.05, 3.63) is 29.8 Å². The molecule has 15 nitrogen and oxygen atoms in total. The number of carbonyl (C=O) groups excluding carboxylic acids is 2. The Balaban J connectivity index is 1.63. The SMILES string of the molecule is CCCCCCCCCCCC(=O)OCCOCCOCCOCCOCCOCCOCCOCCOCCOCCOCCOCCOc1ccc(C=O)cc1. The van der Waals surface area contributed by atoms with Gasteiger partial charge in [-0.05, 0) is 30.7 Å². The standard InChI is InChI=1S/C43H76O15/c1-2-3-4-5-6-7-8-9-10-11-43(45)58-39-37-56-35-33-54-31-29-52-27-25-50-23-21-48-19-17-46-16-18-47-20-22-49-24-26-51-28-30-53-32-34-55-36-38-57-42-14-12-41(40-44)13-15-42/h12-15,40H,2-11,16-39H2,1H3. The largest absolute Gasteiger partial charge is 0.491 e. The van der Waals surface area contributed by atoms with Gasteiger partial charge in [0.25, 0.3) is 0 Å². The number of ether oxygens (including phenoxy) is 13. The van der Waals surface area contributed by atoms with E-state index >= 15 is 0 Å². The Bertz CT molecular complexity index is 985. The van der Waals surface area contributed by atoms with Gasteiger partial charge in [0.15, 0.2) is 0 Å². The molecule has 0 aliphatic carbocycles. The first-order valence-electron chi connectivity index (χ1n) is 21.4. The van der Waals surface area contributed by atoms with E-state index in [1.54, 1.807) is 24.3 Å². The van der Waals surface area contributed by atoms with Crippen LogP contribution in [0.3, 0.4) is 0 Å². The third-order valence-corrected chi connectivity index (χ3v) is 8.21. The second-order valence-electron chi connectivity index (χ2n) is 13.1. The van der Waals surface area contributed by atoms with Crippen LogP contribution in [0.2, 0.25) is 0 Å². The molecule has 0 atom stereocenters. The molecule has 0 aromatic heterocycles. The highest BCUT2D eigenvalue weighted by Gasteiger charge is 2.03. The second-order valence-corrected chi connectivity index (χ2v) is 13.1. The van der Waals surface area contributed by atoms with Crippen molar-refractivity contribution in [1.29, 1.82) is 0 Å². The van der Waals surface area contributed by atoms with Gasteiger partial charge in [-0.15, -0.1) is 0 Å². The fourth-order valence-electron chi connectivity index (χ4n) is 5.03. The maximum Gasteiger partial charge on any atom is 0.305 e. The Kier molecular flexibility index (Phi) is 42.4. The van der Waals surface area contributed by atoms with Crippen molar-refractivity contribution < 1.29 is 71.2 Å². The highest BCUT2D eigenvalue weighted by molar-refractivity contribution is 5.74. The number of unbranched alkanes of at least 4 members (excludes halogenated alkanes) is 8. The van der Waals surface area contributed by atoms with E-state index in [2.05, 4.69) is 6.92 Å². The predicted molar refractivity (Wildman–Crippen MR) is 219 cm³/mol. The molecule has 0 aliphatic rings. The number of esters is 1. The molecule has 0 unspecified atom stereocenters. The molecule has 58 heavy (non-hydrogen) atoms. The molecule has 0 aliphatic heterocycles. The first kappa shape index (κ1) is 53.7. The highest BCUT2D eigenvalue weighted by Crippen LogP contribution is 2.11. The topological polar surface area (TPSA) is 154 Å². The van der Waals surface area contributed by atoms with Gasteiger partial charge in [0, 0.05) is 12.0 Å². The van der Waals surface area contributed by atoms with E-state index in [1.807, 2.05) is 0 Å². The summed E-state index contributed by atoms with van der Waals surface area (Å²) in [6.45, 7) is 13.5. The Morgan fingerprint density at radius 2 is 0.690 bits per heavy atom. The van der Waals surface area contributed by atoms with Gasteiger partial charge in [-0.2, -0.15) is 0 Å². The van der Waals surface area contributed by atoms with Crippen LogP contribution >= 0.6 is 0 Å². The zero-order valence-corrected chi connectivity index (χ0v) is 35.6. The van der Waals surface area contributed by atoms with E-state index in [4.69, 9.17) is 61.6 Å². The third kappa shape index (κ3) is 40.5. The predicted octanol–water partition coefficient (Wildman–Crippen LogP) is 5.52. The lowest BCUT2D eigenvalue weighted by molar-refractivity contribution is -0.145. The minimum absolute atomic E-state index is 0.141. The van der Waals surface area contributed by atoms with Crippen molar-refractivity contribution in [2.75, 3.05) is 159 Å². The molecule has 0 spiro atoms. The molecule has 0 radical (unpaired) electrons. The zero-order valence-electron chi connectivity index (χ0n) is 35.6. The average Bonchev–Trinajstić information content (AvgIpc) is 3.24. The Morgan fingerprint density at radius 3 is 1.02 bits per heavy atom. The quantitative estimate of drug-likeness (QED) is 0.0459. The van der Waals surface area contributed by atoms with Gasteiger partial charge < -0.3 is 61.6 Å². The summed E-state index contributed by atoms with van der Waals surface area (Å²) in [7, 11) is 0. The van der Waals surface area contributed by atoms with Crippen molar-refractivity contribution in [1.82, 2.24) is 0 Å². The van der Waals surface area contributed by atoms with E-state index in [-0.39, 0.29) is 12.6 Å². The van der Waals surface area contributed by atoms with Crippen LogP contribution in [0.15, 0.2) is 24.3 Å². The molecule has 0 fully saturated rings. The maximum absolute atomic E-state index is 11.8. The molecule has 15 heteroatoms. The van der Waals surface area contributed by atoms with Crippen LogP contribution in [0.25, 0.3) is 0 Å². The summed E-state index contributed by atoms with van der Waals surface area (Å²) in [5.41, 5.74) is 0.615. The van der Waals surface area contributed by atoms with Crippen LogP contribution < -0.4 is 4.74 Å². The van der Waals surface area contributed by atoms with Gasteiger partial charge in [0.1, 0.15) is 25.2 Å². The molecule has 1 rings (SSSR count). The van der Waals surface area contributed by atoms with Gasteiger partial charge >= 0.3 is 5.97 Å². The number of carbonyl (C=O) groups is 2. The number of rotatable bonds is 48. The number of aldehydes is 1. The van der Waals surface area contributed by atoms with Crippen molar-refractivity contribution in [2.45, 2.75) is 71.1 Å². The van der Waals surface area contributed by atoms with Gasteiger partial charge in [-0.1, -0.05) is 58.3 Å². The summed E-state index contributed by atoms with van der Waals surface area (Å²) in [6, 6.07) is 6.93. The second kappa shape index (κ2) is 45.8. The maximum atomic E-state index is 11.8. The van der Waals surface area contributed by atoms with E-state index < -0.39 is 0 Å². The summed E-state index contributed by atoms with van der Waals surface area (Å²) in [5, 5.41) is 0. The zero-order chi connectivity index (χ0) is 41.5. The van der Waals surface area contributed by atoms with Crippen LogP contribution in [0.4, 0.5) is 0 Å². The summed E-state index contributed by atoms with van der Waals surface area (Å²) >= 11 is 0.